The topological polar surface area (TPSA) is 75.1 Å². The van der Waals surface area contributed by atoms with Crippen LogP contribution in [0.4, 0.5) is 5.82 Å². The van der Waals surface area contributed by atoms with Gasteiger partial charge in [-0.1, -0.05) is 12.1 Å². The molecular formula is C15H13N3O2S. The van der Waals surface area contributed by atoms with Crippen molar-refractivity contribution in [2.24, 2.45) is 0 Å². The van der Waals surface area contributed by atoms with Gasteiger partial charge >= 0.3 is 5.97 Å². The fraction of sp³-hybridized carbons (Fsp3) is 0.133. The van der Waals surface area contributed by atoms with Crippen molar-refractivity contribution in [3.05, 3.63) is 53.2 Å². The quantitative estimate of drug-likeness (QED) is 0.770. The van der Waals surface area contributed by atoms with Gasteiger partial charge in [0.15, 0.2) is 0 Å². The molecule has 1 aromatic carbocycles. The van der Waals surface area contributed by atoms with Gasteiger partial charge in [-0.05, 0) is 36.1 Å². The first-order chi connectivity index (χ1) is 10.1. The average molecular weight is 299 g/mol. The molecule has 0 fully saturated rings. The van der Waals surface area contributed by atoms with Gasteiger partial charge in [0.2, 0.25) is 0 Å². The van der Waals surface area contributed by atoms with Crippen LogP contribution in [0, 0.1) is 0 Å². The first-order valence-corrected chi connectivity index (χ1v) is 7.31. The summed E-state index contributed by atoms with van der Waals surface area (Å²) in [6.45, 7) is 2.01. The number of hydrogen-bond donors (Lipinski definition) is 2. The number of aromatic nitrogens is 2. The van der Waals surface area contributed by atoms with Crippen molar-refractivity contribution in [1.82, 2.24) is 9.97 Å². The van der Waals surface area contributed by atoms with Crippen LogP contribution in [0.1, 0.15) is 28.9 Å². The number of carboxylic acid groups (broad SMARTS) is 1. The van der Waals surface area contributed by atoms with Crippen molar-refractivity contribution >= 4 is 33.3 Å². The zero-order valence-electron chi connectivity index (χ0n) is 11.3. The largest absolute Gasteiger partial charge is 0.478 e. The smallest absolute Gasteiger partial charge is 0.335 e. The summed E-state index contributed by atoms with van der Waals surface area (Å²) in [5.74, 6) is -0.131. The molecule has 0 aliphatic heterocycles. The summed E-state index contributed by atoms with van der Waals surface area (Å²) in [5, 5.41) is 15.2. The number of benzene rings is 1. The second-order valence-corrected chi connectivity index (χ2v) is 5.55. The molecule has 2 heterocycles. The number of thiophene rings is 1. The van der Waals surface area contributed by atoms with Crippen LogP contribution in [-0.4, -0.2) is 21.0 Å². The Bertz CT molecular complexity index is 783. The summed E-state index contributed by atoms with van der Waals surface area (Å²) in [5.41, 5.74) is 1.29. The summed E-state index contributed by atoms with van der Waals surface area (Å²) in [4.78, 5) is 20.3. The third-order valence-electron chi connectivity index (χ3n) is 3.27. The molecule has 0 radical (unpaired) electrons. The number of aromatic carboxylic acids is 1. The minimum Gasteiger partial charge on any atom is -0.478 e. The van der Waals surface area contributed by atoms with E-state index in [9.17, 15) is 4.79 Å². The lowest BCUT2D eigenvalue weighted by Gasteiger charge is -2.15. The molecule has 5 nitrogen and oxygen atoms in total. The van der Waals surface area contributed by atoms with Gasteiger partial charge in [-0.3, -0.25) is 0 Å². The predicted octanol–water partition coefficient (Wildman–Crippen LogP) is 3.56. The number of nitrogens with zero attached hydrogens (tertiary/aromatic N) is 2. The normalized spacial score (nSPS) is 12.2. The fourth-order valence-corrected chi connectivity index (χ4v) is 2.84. The molecule has 0 saturated heterocycles. The van der Waals surface area contributed by atoms with Gasteiger partial charge < -0.3 is 10.4 Å². The molecule has 21 heavy (non-hydrogen) atoms. The molecule has 0 aliphatic rings. The number of anilines is 1. The van der Waals surface area contributed by atoms with Gasteiger partial charge in [0, 0.05) is 6.04 Å². The third-order valence-corrected chi connectivity index (χ3v) is 4.09. The maximum atomic E-state index is 10.9. The van der Waals surface area contributed by atoms with E-state index in [1.165, 1.54) is 0 Å². The highest BCUT2D eigenvalue weighted by Gasteiger charge is 2.11. The maximum absolute atomic E-state index is 10.9. The summed E-state index contributed by atoms with van der Waals surface area (Å²) < 4.78 is 0. The highest BCUT2D eigenvalue weighted by Crippen LogP contribution is 2.27. The van der Waals surface area contributed by atoms with Crippen molar-refractivity contribution in [1.29, 1.82) is 0 Å². The Morgan fingerprint density at radius 1 is 1.24 bits per heavy atom. The fourth-order valence-electron chi connectivity index (χ4n) is 2.11. The first-order valence-electron chi connectivity index (χ1n) is 6.43. The van der Waals surface area contributed by atoms with E-state index in [1.54, 1.807) is 29.8 Å². The summed E-state index contributed by atoms with van der Waals surface area (Å²) in [6, 6.07) is 8.85. The molecule has 0 saturated carbocycles. The Balaban J connectivity index is 1.84. The van der Waals surface area contributed by atoms with E-state index in [-0.39, 0.29) is 11.6 Å². The highest BCUT2D eigenvalue weighted by molar-refractivity contribution is 7.16. The van der Waals surface area contributed by atoms with E-state index in [4.69, 9.17) is 5.11 Å². The highest BCUT2D eigenvalue weighted by atomic mass is 32.1. The summed E-state index contributed by atoms with van der Waals surface area (Å²) in [6.07, 6.45) is 1.54. The Morgan fingerprint density at radius 2 is 2.00 bits per heavy atom. The van der Waals surface area contributed by atoms with Crippen LogP contribution in [0.5, 0.6) is 0 Å². The molecule has 0 aliphatic carbocycles. The molecule has 2 aromatic heterocycles. The van der Waals surface area contributed by atoms with Gasteiger partial charge in [0.1, 0.15) is 17.0 Å². The number of rotatable bonds is 4. The van der Waals surface area contributed by atoms with Crippen molar-refractivity contribution in [3.63, 3.8) is 0 Å². The van der Waals surface area contributed by atoms with E-state index < -0.39 is 5.97 Å². The Hall–Kier alpha value is -2.47. The Labute approximate surface area is 125 Å². The lowest BCUT2D eigenvalue weighted by molar-refractivity contribution is 0.0697. The number of carboxylic acids is 1. The molecule has 2 N–H and O–H groups in total. The lowest BCUT2D eigenvalue weighted by Crippen LogP contribution is -2.08. The number of fused-ring (bicyclic) bond motifs is 1. The van der Waals surface area contributed by atoms with Crippen molar-refractivity contribution in [3.8, 4) is 0 Å². The number of nitrogens with one attached hydrogen (secondary N) is 1. The van der Waals surface area contributed by atoms with Crippen LogP contribution in [0.2, 0.25) is 0 Å². The third kappa shape index (κ3) is 2.71. The molecule has 0 unspecified atom stereocenters. The average Bonchev–Trinajstić information content (AvgIpc) is 2.97. The predicted molar refractivity (Wildman–Crippen MR) is 82.9 cm³/mol. The van der Waals surface area contributed by atoms with E-state index in [1.807, 2.05) is 30.5 Å². The molecule has 6 heteroatoms. The van der Waals surface area contributed by atoms with Crippen LogP contribution in [0.3, 0.4) is 0 Å². The standard InChI is InChI=1S/C15H13N3O2S/c1-9(10-2-4-11(5-3-10)15(19)20)18-13-12-6-7-21-14(12)17-8-16-13/h2-9H,1H3,(H,19,20)(H,16,17,18)/t9-/m0/s1. The lowest BCUT2D eigenvalue weighted by atomic mass is 10.1. The number of hydrogen-bond acceptors (Lipinski definition) is 5. The van der Waals surface area contributed by atoms with E-state index >= 15 is 0 Å². The first kappa shape index (κ1) is 13.5. The second kappa shape index (κ2) is 5.49. The maximum Gasteiger partial charge on any atom is 0.335 e. The van der Waals surface area contributed by atoms with Gasteiger partial charge in [-0.2, -0.15) is 0 Å². The van der Waals surface area contributed by atoms with Crippen molar-refractivity contribution in [2.45, 2.75) is 13.0 Å². The molecule has 0 spiro atoms. The van der Waals surface area contributed by atoms with Crippen molar-refractivity contribution < 1.29 is 9.90 Å². The van der Waals surface area contributed by atoms with Gasteiger partial charge in [0.25, 0.3) is 0 Å². The van der Waals surface area contributed by atoms with Crippen LogP contribution in [-0.2, 0) is 0 Å². The van der Waals surface area contributed by atoms with Crippen LogP contribution >= 0.6 is 11.3 Å². The van der Waals surface area contributed by atoms with Crippen LogP contribution < -0.4 is 5.32 Å². The Morgan fingerprint density at radius 3 is 2.71 bits per heavy atom. The van der Waals surface area contributed by atoms with E-state index in [0.29, 0.717) is 0 Å². The van der Waals surface area contributed by atoms with Gasteiger partial charge in [-0.25, -0.2) is 14.8 Å². The SMILES string of the molecule is C[C@H](Nc1ncnc2sccc12)c1ccc(C(=O)O)cc1. The zero-order valence-corrected chi connectivity index (χ0v) is 12.1. The monoisotopic (exact) mass is 299 g/mol. The molecule has 106 valence electrons. The molecule has 1 atom stereocenters. The molecule has 0 bridgehead atoms. The molecular weight excluding hydrogens is 286 g/mol. The number of carbonyl (C=O) groups is 1. The van der Waals surface area contributed by atoms with Crippen molar-refractivity contribution in [2.75, 3.05) is 5.32 Å². The van der Waals surface area contributed by atoms with Crippen LogP contribution in [0.25, 0.3) is 10.2 Å². The van der Waals surface area contributed by atoms with Gasteiger partial charge in [0.05, 0.1) is 10.9 Å². The summed E-state index contributed by atoms with van der Waals surface area (Å²) in [7, 11) is 0. The molecule has 3 rings (SSSR count). The van der Waals surface area contributed by atoms with Gasteiger partial charge in [-0.15, -0.1) is 11.3 Å². The van der Waals surface area contributed by atoms with Crippen LogP contribution in [0.15, 0.2) is 42.0 Å². The molecule has 3 aromatic rings. The Kier molecular flexibility index (Phi) is 3.53. The minimum absolute atomic E-state index is 0.0193. The van der Waals surface area contributed by atoms with E-state index in [0.717, 1.165) is 21.6 Å². The van der Waals surface area contributed by atoms with E-state index in [2.05, 4.69) is 15.3 Å². The zero-order chi connectivity index (χ0) is 14.8. The molecule has 0 amide bonds. The summed E-state index contributed by atoms with van der Waals surface area (Å²) >= 11 is 1.57. The second-order valence-electron chi connectivity index (χ2n) is 4.65. The minimum atomic E-state index is -0.919.